The van der Waals surface area contributed by atoms with Crippen molar-refractivity contribution in [2.75, 3.05) is 5.32 Å². The highest BCUT2D eigenvalue weighted by Crippen LogP contribution is 2.33. The van der Waals surface area contributed by atoms with E-state index in [4.69, 9.17) is 4.74 Å². The normalized spacial score (nSPS) is 11.1. The number of nitrogens with one attached hydrogen (secondary N) is 1. The van der Waals surface area contributed by atoms with Crippen LogP contribution < -0.4 is 15.6 Å². The molecule has 0 saturated carbocycles. The van der Waals surface area contributed by atoms with Gasteiger partial charge in [-0.3, -0.25) is 4.79 Å². The molecule has 0 aliphatic carbocycles. The first-order valence-electron chi connectivity index (χ1n) is 11.1. The van der Waals surface area contributed by atoms with Crippen LogP contribution >= 0.6 is 11.3 Å². The number of anilines is 2. The molecule has 0 fully saturated rings. The lowest BCUT2D eigenvalue weighted by Crippen LogP contribution is -2.21. The Morgan fingerprint density at radius 3 is 2.75 bits per heavy atom. The first-order chi connectivity index (χ1) is 17.7. The molecule has 0 saturated heterocycles. The minimum absolute atomic E-state index is 0.0324. The summed E-state index contributed by atoms with van der Waals surface area (Å²) in [5, 5.41) is 6.14. The summed E-state index contributed by atoms with van der Waals surface area (Å²) in [6.45, 7) is 0.436. The molecule has 0 atom stereocenters. The molecular weight excluding hydrogens is 477 g/mol. The van der Waals surface area contributed by atoms with E-state index in [-0.39, 0.29) is 11.3 Å². The fourth-order valence-corrected chi connectivity index (χ4v) is 4.73. The minimum Gasteiger partial charge on any atom is -0.434 e. The van der Waals surface area contributed by atoms with E-state index in [0.717, 1.165) is 21.2 Å². The van der Waals surface area contributed by atoms with Crippen molar-refractivity contribution in [3.8, 4) is 11.6 Å². The SMILES string of the molecule is O=c1c2c(Nc3ccc(Oc4ncnc5ccsc45)c(F)c3)nccc2ccn1Cc1ccccc1. The van der Waals surface area contributed by atoms with Gasteiger partial charge in [-0.2, -0.15) is 0 Å². The zero-order chi connectivity index (χ0) is 24.5. The lowest BCUT2D eigenvalue weighted by molar-refractivity contribution is 0.432. The Morgan fingerprint density at radius 1 is 1.00 bits per heavy atom. The van der Waals surface area contributed by atoms with Gasteiger partial charge in [-0.15, -0.1) is 11.3 Å². The van der Waals surface area contributed by atoms with Crippen molar-refractivity contribution in [1.82, 2.24) is 19.5 Å². The van der Waals surface area contributed by atoms with Gasteiger partial charge >= 0.3 is 0 Å². The Labute approximate surface area is 208 Å². The molecule has 2 aromatic carbocycles. The summed E-state index contributed by atoms with van der Waals surface area (Å²) in [6.07, 6.45) is 4.76. The molecule has 0 aliphatic heterocycles. The zero-order valence-corrected chi connectivity index (χ0v) is 19.6. The number of hydrogen-bond donors (Lipinski definition) is 1. The van der Waals surface area contributed by atoms with E-state index in [1.807, 2.05) is 47.8 Å². The maximum absolute atomic E-state index is 15.0. The van der Waals surface area contributed by atoms with Crippen molar-refractivity contribution in [2.45, 2.75) is 6.54 Å². The van der Waals surface area contributed by atoms with E-state index in [1.54, 1.807) is 29.1 Å². The fourth-order valence-electron chi connectivity index (χ4n) is 3.96. The second-order valence-corrected chi connectivity index (χ2v) is 8.96. The predicted octanol–water partition coefficient (Wildman–Crippen LogP) is 6.12. The van der Waals surface area contributed by atoms with Crippen molar-refractivity contribution in [3.63, 3.8) is 0 Å². The average Bonchev–Trinajstić information content (AvgIpc) is 3.38. The van der Waals surface area contributed by atoms with Crippen LogP contribution in [0.15, 0.2) is 95.6 Å². The lowest BCUT2D eigenvalue weighted by Gasteiger charge is -2.12. The third-order valence-electron chi connectivity index (χ3n) is 5.70. The van der Waals surface area contributed by atoms with Gasteiger partial charge < -0.3 is 14.6 Å². The number of fused-ring (bicyclic) bond motifs is 2. The van der Waals surface area contributed by atoms with Crippen LogP contribution in [0.25, 0.3) is 21.0 Å². The van der Waals surface area contributed by atoms with Crippen molar-refractivity contribution in [1.29, 1.82) is 0 Å². The average molecular weight is 496 g/mol. The maximum atomic E-state index is 15.0. The molecule has 4 heterocycles. The van der Waals surface area contributed by atoms with Gasteiger partial charge in [0.05, 0.1) is 17.4 Å². The summed E-state index contributed by atoms with van der Waals surface area (Å²) in [6, 6.07) is 19.7. The van der Waals surface area contributed by atoms with Gasteiger partial charge in [-0.25, -0.2) is 19.3 Å². The largest absolute Gasteiger partial charge is 0.434 e. The molecule has 176 valence electrons. The molecule has 0 amide bonds. The molecule has 36 heavy (non-hydrogen) atoms. The fraction of sp³-hybridized carbons (Fsp3) is 0.0370. The molecule has 6 aromatic rings. The minimum atomic E-state index is -0.579. The highest BCUT2D eigenvalue weighted by atomic mass is 32.1. The Balaban J connectivity index is 1.31. The number of nitrogens with zero attached hydrogens (tertiary/aromatic N) is 4. The summed E-state index contributed by atoms with van der Waals surface area (Å²) < 4.78 is 23.1. The smallest absolute Gasteiger partial charge is 0.262 e. The first kappa shape index (κ1) is 21.9. The van der Waals surface area contributed by atoms with Crippen LogP contribution in [0.2, 0.25) is 0 Å². The number of thiophene rings is 1. The number of ether oxygens (including phenoxy) is 1. The van der Waals surface area contributed by atoms with E-state index < -0.39 is 5.82 Å². The molecule has 0 aliphatic rings. The molecule has 0 bridgehead atoms. The van der Waals surface area contributed by atoms with Crippen LogP contribution in [-0.4, -0.2) is 19.5 Å². The maximum Gasteiger partial charge on any atom is 0.262 e. The van der Waals surface area contributed by atoms with Crippen molar-refractivity contribution in [3.05, 3.63) is 113 Å². The van der Waals surface area contributed by atoms with Crippen LogP contribution in [0.3, 0.4) is 0 Å². The number of hydrogen-bond acceptors (Lipinski definition) is 7. The molecular formula is C27H18FN5O2S. The van der Waals surface area contributed by atoms with Crippen LogP contribution in [0.4, 0.5) is 15.9 Å². The monoisotopic (exact) mass is 495 g/mol. The quantitative estimate of drug-likeness (QED) is 0.300. The molecule has 0 unspecified atom stereocenters. The Bertz CT molecular complexity index is 1770. The van der Waals surface area contributed by atoms with Crippen molar-refractivity contribution in [2.24, 2.45) is 0 Å². The lowest BCUT2D eigenvalue weighted by atomic mass is 10.2. The van der Waals surface area contributed by atoms with Gasteiger partial charge in [-0.05, 0) is 46.7 Å². The number of halogens is 1. The zero-order valence-electron chi connectivity index (χ0n) is 18.8. The van der Waals surface area contributed by atoms with Gasteiger partial charge in [0.15, 0.2) is 11.6 Å². The molecule has 6 rings (SSSR count). The van der Waals surface area contributed by atoms with Gasteiger partial charge in [0.2, 0.25) is 5.88 Å². The van der Waals surface area contributed by atoms with Gasteiger partial charge in [0, 0.05) is 24.1 Å². The highest BCUT2D eigenvalue weighted by molar-refractivity contribution is 7.17. The second kappa shape index (κ2) is 9.20. The molecule has 9 heteroatoms. The van der Waals surface area contributed by atoms with Gasteiger partial charge in [0.25, 0.3) is 5.56 Å². The number of aromatic nitrogens is 4. The third kappa shape index (κ3) is 4.16. The van der Waals surface area contributed by atoms with E-state index >= 15 is 0 Å². The first-order valence-corrected chi connectivity index (χ1v) is 12.0. The topological polar surface area (TPSA) is 81.9 Å². The van der Waals surface area contributed by atoms with E-state index in [0.29, 0.717) is 29.3 Å². The van der Waals surface area contributed by atoms with E-state index in [2.05, 4.69) is 20.3 Å². The van der Waals surface area contributed by atoms with Gasteiger partial charge in [0.1, 0.15) is 16.8 Å². The van der Waals surface area contributed by atoms with Crippen LogP contribution in [-0.2, 0) is 6.54 Å². The summed E-state index contributed by atoms with van der Waals surface area (Å²) >= 11 is 1.42. The Kier molecular flexibility index (Phi) is 5.59. The molecule has 1 N–H and O–H groups in total. The van der Waals surface area contributed by atoms with Crippen molar-refractivity contribution < 1.29 is 9.13 Å². The molecule has 7 nitrogen and oxygen atoms in total. The Morgan fingerprint density at radius 2 is 1.89 bits per heavy atom. The highest BCUT2D eigenvalue weighted by Gasteiger charge is 2.14. The second-order valence-electron chi connectivity index (χ2n) is 8.04. The van der Waals surface area contributed by atoms with Crippen LogP contribution in [0.1, 0.15) is 5.56 Å². The standard InChI is InChI=1S/C27H18FN5O2S/c28-20-14-19(6-7-22(20)35-26-24-21(10-13-36-24)30-16-31-26)32-25-23-18(8-11-29-25)9-12-33(27(23)34)15-17-4-2-1-3-5-17/h1-14,16H,15H2,(H,29,32). The summed E-state index contributed by atoms with van der Waals surface area (Å²) in [5.41, 5.74) is 2.00. The third-order valence-corrected chi connectivity index (χ3v) is 6.59. The van der Waals surface area contributed by atoms with E-state index in [9.17, 15) is 9.18 Å². The summed E-state index contributed by atoms with van der Waals surface area (Å²) in [7, 11) is 0. The number of pyridine rings is 2. The summed E-state index contributed by atoms with van der Waals surface area (Å²) in [4.78, 5) is 26.0. The molecule has 0 radical (unpaired) electrons. The number of benzene rings is 2. The van der Waals surface area contributed by atoms with E-state index in [1.165, 1.54) is 29.8 Å². The van der Waals surface area contributed by atoms with Crippen LogP contribution in [0.5, 0.6) is 11.6 Å². The number of rotatable bonds is 6. The summed E-state index contributed by atoms with van der Waals surface area (Å²) in [5.74, 6) is 0.100. The molecule has 4 aromatic heterocycles. The van der Waals surface area contributed by atoms with Gasteiger partial charge in [-0.1, -0.05) is 30.3 Å². The van der Waals surface area contributed by atoms with Crippen LogP contribution in [0, 0.1) is 5.82 Å². The molecule has 0 spiro atoms. The van der Waals surface area contributed by atoms with Crippen molar-refractivity contribution >= 4 is 43.8 Å². The Hall–Kier alpha value is -4.63. The predicted molar refractivity (Wildman–Crippen MR) is 139 cm³/mol.